The van der Waals surface area contributed by atoms with Gasteiger partial charge in [0.15, 0.2) is 0 Å². The van der Waals surface area contributed by atoms with Crippen LogP contribution in [-0.2, 0) is 28.7 Å². The van der Waals surface area contributed by atoms with Gasteiger partial charge < -0.3 is 29.7 Å². The Bertz CT molecular complexity index is 1210. The van der Waals surface area contributed by atoms with Crippen LogP contribution in [0.5, 0.6) is 0 Å². The molecule has 3 aliphatic rings. The fraction of sp³-hybridized carbons (Fsp3) is 0.576. The number of amides is 3. The van der Waals surface area contributed by atoms with E-state index in [9.17, 15) is 24.3 Å². The van der Waals surface area contributed by atoms with Crippen LogP contribution in [-0.4, -0.2) is 94.0 Å². The second-order valence-corrected chi connectivity index (χ2v) is 12.9. The lowest BCUT2D eigenvalue weighted by Gasteiger charge is -2.37. The Morgan fingerprint density at radius 1 is 1.25 bits per heavy atom. The zero-order chi connectivity index (χ0) is 31.9. The number of alkyl halides is 1. The molecular weight excluding hydrogens is 630 g/mol. The van der Waals surface area contributed by atoms with Gasteiger partial charge in [-0.1, -0.05) is 71.8 Å². The number of unbranched alkanes of at least 4 members (excludes halogenated alkanes) is 1. The lowest BCUT2D eigenvalue weighted by Crippen LogP contribution is -2.57. The molecule has 1 unspecified atom stereocenters. The number of carbonyl (C=O) groups is 4. The maximum absolute atomic E-state index is 14.2. The Morgan fingerprint density at radius 2 is 2.00 bits per heavy atom. The van der Waals surface area contributed by atoms with Gasteiger partial charge in [0.05, 0.1) is 24.0 Å². The number of aliphatic hydroxyl groups is 1. The smallest absolute Gasteiger partial charge is 0.306 e. The molecule has 11 heteroatoms. The first-order chi connectivity index (χ1) is 21.2. The van der Waals surface area contributed by atoms with Gasteiger partial charge in [0.25, 0.3) is 0 Å². The van der Waals surface area contributed by atoms with Gasteiger partial charge in [0, 0.05) is 37.5 Å². The Balaban J connectivity index is 1.64. The number of allylic oxidation sites excluding steroid dienone is 1. The molecule has 4 rings (SSSR count). The highest BCUT2D eigenvalue weighted by atomic mass is 79.9. The summed E-state index contributed by atoms with van der Waals surface area (Å²) < 4.78 is 12.1. The predicted octanol–water partition coefficient (Wildman–Crippen LogP) is 3.30. The highest BCUT2D eigenvalue weighted by Gasteiger charge is 2.76. The third-order valence-electron chi connectivity index (χ3n) is 8.81. The average Bonchev–Trinajstić information content (AvgIpc) is 3.62. The van der Waals surface area contributed by atoms with E-state index in [-0.39, 0.29) is 42.8 Å². The SMILES string of the molecule is C=CCCC(=O)OC[C@H](NC(=O)[C@H]1[C@@H]2O[C@@]3(CC2Br)[C@@H]1C(=O)N(CCCO)[C@@H]3C(=O)N(CC=C)CCCC)c1ccccc1. The molecule has 0 radical (unpaired) electrons. The van der Waals surface area contributed by atoms with Gasteiger partial charge in [-0.2, -0.15) is 0 Å². The van der Waals surface area contributed by atoms with Crippen LogP contribution in [0.4, 0.5) is 0 Å². The number of halogens is 1. The van der Waals surface area contributed by atoms with E-state index in [0.717, 1.165) is 18.4 Å². The van der Waals surface area contributed by atoms with Crippen LogP contribution < -0.4 is 5.32 Å². The van der Waals surface area contributed by atoms with Crippen molar-refractivity contribution in [2.24, 2.45) is 11.8 Å². The van der Waals surface area contributed by atoms with Crippen LogP contribution in [0.1, 0.15) is 57.1 Å². The number of aliphatic hydroxyl groups excluding tert-OH is 1. The fourth-order valence-electron chi connectivity index (χ4n) is 6.80. The number of hydrogen-bond acceptors (Lipinski definition) is 7. The fourth-order valence-corrected chi connectivity index (χ4v) is 7.74. The van der Waals surface area contributed by atoms with E-state index >= 15 is 0 Å². The highest BCUT2D eigenvalue weighted by molar-refractivity contribution is 9.09. The van der Waals surface area contributed by atoms with Gasteiger partial charge >= 0.3 is 5.97 Å². The number of rotatable bonds is 17. The summed E-state index contributed by atoms with van der Waals surface area (Å²) in [6.45, 7) is 10.3. The number of nitrogens with one attached hydrogen (secondary N) is 1. The van der Waals surface area contributed by atoms with E-state index in [1.54, 1.807) is 17.1 Å². The zero-order valence-corrected chi connectivity index (χ0v) is 27.0. The average molecular weight is 675 g/mol. The Hall–Kier alpha value is -3.02. The number of benzene rings is 1. The Morgan fingerprint density at radius 3 is 2.66 bits per heavy atom. The van der Waals surface area contributed by atoms with Crippen molar-refractivity contribution < 1.29 is 33.8 Å². The zero-order valence-electron chi connectivity index (χ0n) is 25.4. The van der Waals surface area contributed by atoms with Crippen molar-refractivity contribution in [1.29, 1.82) is 0 Å². The first-order valence-corrected chi connectivity index (χ1v) is 16.4. The minimum atomic E-state index is -1.20. The van der Waals surface area contributed by atoms with Crippen LogP contribution in [0.15, 0.2) is 55.6 Å². The van der Waals surface area contributed by atoms with Crippen molar-refractivity contribution in [3.05, 3.63) is 61.2 Å². The molecule has 3 fully saturated rings. The lowest BCUT2D eigenvalue weighted by atomic mass is 9.70. The van der Waals surface area contributed by atoms with Gasteiger partial charge in [-0.05, 0) is 31.2 Å². The second kappa shape index (κ2) is 15.3. The number of esters is 1. The molecule has 1 aromatic rings. The maximum atomic E-state index is 14.2. The minimum absolute atomic E-state index is 0.0802. The summed E-state index contributed by atoms with van der Waals surface area (Å²) >= 11 is 3.71. The summed E-state index contributed by atoms with van der Waals surface area (Å²) in [6, 6.07) is 7.62. The van der Waals surface area contributed by atoms with Crippen LogP contribution in [0, 0.1) is 11.8 Å². The van der Waals surface area contributed by atoms with Crippen molar-refractivity contribution in [2.45, 2.75) is 74.1 Å². The first-order valence-electron chi connectivity index (χ1n) is 15.5. The summed E-state index contributed by atoms with van der Waals surface area (Å²) in [7, 11) is 0. The molecule has 1 aromatic carbocycles. The summed E-state index contributed by atoms with van der Waals surface area (Å²) in [5.74, 6) is -3.11. The van der Waals surface area contributed by atoms with Crippen LogP contribution in [0.2, 0.25) is 0 Å². The molecule has 10 nitrogen and oxygen atoms in total. The third-order valence-corrected chi connectivity index (χ3v) is 9.65. The molecule has 2 N–H and O–H groups in total. The molecule has 3 saturated heterocycles. The Kier molecular flexibility index (Phi) is 11.8. The van der Waals surface area contributed by atoms with Crippen molar-refractivity contribution >= 4 is 39.6 Å². The molecule has 3 heterocycles. The Labute approximate surface area is 267 Å². The molecule has 0 saturated carbocycles. The first kappa shape index (κ1) is 33.9. The summed E-state index contributed by atoms with van der Waals surface area (Å²) in [5, 5.41) is 12.7. The quantitative estimate of drug-likeness (QED) is 0.148. The molecule has 3 amide bonds. The van der Waals surface area contributed by atoms with E-state index in [0.29, 0.717) is 32.4 Å². The molecule has 240 valence electrons. The van der Waals surface area contributed by atoms with Gasteiger partial charge in [0.2, 0.25) is 17.7 Å². The predicted molar refractivity (Wildman–Crippen MR) is 169 cm³/mol. The van der Waals surface area contributed by atoms with Crippen LogP contribution in [0.25, 0.3) is 0 Å². The molecule has 2 bridgehead atoms. The topological polar surface area (TPSA) is 125 Å². The monoisotopic (exact) mass is 673 g/mol. The number of carbonyl (C=O) groups excluding carboxylic acids is 4. The van der Waals surface area contributed by atoms with E-state index in [1.165, 1.54) is 4.90 Å². The van der Waals surface area contributed by atoms with E-state index in [4.69, 9.17) is 9.47 Å². The molecule has 0 aromatic heterocycles. The largest absolute Gasteiger partial charge is 0.463 e. The van der Waals surface area contributed by atoms with Crippen LogP contribution in [0.3, 0.4) is 0 Å². The highest BCUT2D eigenvalue weighted by Crippen LogP contribution is 2.60. The molecule has 0 aliphatic carbocycles. The van der Waals surface area contributed by atoms with Crippen molar-refractivity contribution in [1.82, 2.24) is 15.1 Å². The summed E-state index contributed by atoms with van der Waals surface area (Å²) in [5.41, 5.74) is -0.451. The maximum Gasteiger partial charge on any atom is 0.306 e. The standard InChI is InChI=1S/C33H44BrN3O7/c1-4-7-15-25(39)43-21-24(22-13-10-9-11-14-22)35-30(40)26-27-31(41)37(18-12-19-38)29(33(27)20-23(34)28(26)44-33)32(42)36(16-6-3)17-8-5-2/h4,6,9-11,13-14,23-24,26-29,38H,1,3,5,7-8,12,15-21H2,2H3,(H,35,40)/t23?,24-,26+,27-,28+,29+,33-/m0/s1. The number of hydrogen-bond donors (Lipinski definition) is 2. The lowest BCUT2D eigenvalue weighted by molar-refractivity contribution is -0.148. The van der Waals surface area contributed by atoms with Gasteiger partial charge in [-0.15, -0.1) is 13.2 Å². The van der Waals surface area contributed by atoms with E-state index < -0.39 is 47.5 Å². The molecule has 44 heavy (non-hydrogen) atoms. The molecular formula is C33H44BrN3O7. The van der Waals surface area contributed by atoms with Gasteiger partial charge in [-0.25, -0.2) is 0 Å². The molecule has 7 atom stereocenters. The van der Waals surface area contributed by atoms with Crippen molar-refractivity contribution in [2.75, 3.05) is 32.8 Å². The molecule has 1 spiro atoms. The third kappa shape index (κ3) is 6.79. The summed E-state index contributed by atoms with van der Waals surface area (Å²) in [4.78, 5) is 57.8. The number of fused-ring (bicyclic) bond motifs is 1. The van der Waals surface area contributed by atoms with Crippen molar-refractivity contribution in [3.63, 3.8) is 0 Å². The van der Waals surface area contributed by atoms with E-state index in [2.05, 4.69) is 34.4 Å². The van der Waals surface area contributed by atoms with E-state index in [1.807, 2.05) is 37.3 Å². The molecule has 3 aliphatic heterocycles. The number of likely N-dealkylation sites (tertiary alicyclic amines) is 1. The normalized spacial score (nSPS) is 27.5. The second-order valence-electron chi connectivity index (χ2n) is 11.7. The van der Waals surface area contributed by atoms with Gasteiger partial charge in [-0.3, -0.25) is 19.2 Å². The van der Waals surface area contributed by atoms with Crippen molar-refractivity contribution in [3.8, 4) is 0 Å². The number of ether oxygens (including phenoxy) is 2. The minimum Gasteiger partial charge on any atom is -0.463 e. The van der Waals surface area contributed by atoms with Crippen LogP contribution >= 0.6 is 15.9 Å². The number of nitrogens with zero attached hydrogens (tertiary/aromatic N) is 2. The summed E-state index contributed by atoms with van der Waals surface area (Å²) in [6.07, 6.45) is 5.71. The van der Waals surface area contributed by atoms with Gasteiger partial charge in [0.1, 0.15) is 18.2 Å².